The number of nitrogens with zero attached hydrogens (tertiary/aromatic N) is 1. The van der Waals surface area contributed by atoms with Crippen molar-refractivity contribution in [2.75, 3.05) is 19.7 Å². The summed E-state index contributed by atoms with van der Waals surface area (Å²) < 4.78 is 33.6. The zero-order valence-electron chi connectivity index (χ0n) is 18.6. The molecule has 0 saturated carbocycles. The van der Waals surface area contributed by atoms with Gasteiger partial charge >= 0.3 is 0 Å². The van der Waals surface area contributed by atoms with Crippen LogP contribution in [0.3, 0.4) is 0 Å². The molecule has 174 valence electrons. The Morgan fingerprint density at radius 2 is 2.00 bits per heavy atom. The number of carbonyl (C=O) groups excluding carboxylic acids is 1. The number of halogens is 1. The molecule has 6 nitrogen and oxygen atoms in total. The van der Waals surface area contributed by atoms with Crippen molar-refractivity contribution in [2.24, 2.45) is 5.92 Å². The van der Waals surface area contributed by atoms with Crippen LogP contribution in [0.4, 0.5) is 0 Å². The fraction of sp³-hybridized carbons (Fsp3) is 0.458. The van der Waals surface area contributed by atoms with Crippen molar-refractivity contribution >= 4 is 27.5 Å². The van der Waals surface area contributed by atoms with Crippen LogP contribution < -0.4 is 10.1 Å². The number of rotatable bonds is 9. The molecule has 32 heavy (non-hydrogen) atoms. The predicted molar refractivity (Wildman–Crippen MR) is 126 cm³/mol. The van der Waals surface area contributed by atoms with Crippen LogP contribution in [0.15, 0.2) is 53.4 Å². The quantitative estimate of drug-likeness (QED) is 0.583. The van der Waals surface area contributed by atoms with Gasteiger partial charge in [-0.2, -0.15) is 4.31 Å². The van der Waals surface area contributed by atoms with Crippen molar-refractivity contribution in [1.29, 1.82) is 0 Å². The summed E-state index contributed by atoms with van der Waals surface area (Å²) >= 11 is 6.07. The van der Waals surface area contributed by atoms with Crippen LogP contribution in [0.2, 0.25) is 5.02 Å². The molecule has 0 aliphatic carbocycles. The maximum Gasteiger partial charge on any atom is 0.246 e. The molecule has 1 heterocycles. The lowest BCUT2D eigenvalue weighted by Gasteiger charge is -2.32. The average molecular weight is 479 g/mol. The molecule has 1 fully saturated rings. The van der Waals surface area contributed by atoms with Crippen molar-refractivity contribution in [3.8, 4) is 5.75 Å². The van der Waals surface area contributed by atoms with E-state index in [1.807, 2.05) is 25.1 Å². The van der Waals surface area contributed by atoms with E-state index >= 15 is 0 Å². The van der Waals surface area contributed by atoms with Gasteiger partial charge in [0, 0.05) is 24.2 Å². The zero-order valence-corrected chi connectivity index (χ0v) is 20.2. The minimum Gasteiger partial charge on any atom is -0.492 e. The number of amides is 1. The first-order chi connectivity index (χ1) is 15.3. The molecule has 1 aliphatic heterocycles. The molecule has 1 N–H and O–H groups in total. The number of benzene rings is 2. The number of aryl methyl sites for hydroxylation is 1. The highest BCUT2D eigenvalue weighted by Crippen LogP contribution is 2.32. The Bertz CT molecular complexity index is 1010. The van der Waals surface area contributed by atoms with Crippen molar-refractivity contribution < 1.29 is 17.9 Å². The van der Waals surface area contributed by atoms with Crippen LogP contribution in [0.1, 0.15) is 38.7 Å². The molecule has 0 radical (unpaired) electrons. The molecule has 2 atom stereocenters. The maximum absolute atomic E-state index is 13.3. The molecular weight excluding hydrogens is 448 g/mol. The van der Waals surface area contributed by atoms with Gasteiger partial charge in [0.05, 0.1) is 12.5 Å². The highest BCUT2D eigenvalue weighted by Gasteiger charge is 2.35. The van der Waals surface area contributed by atoms with E-state index in [9.17, 15) is 13.2 Å². The predicted octanol–water partition coefficient (Wildman–Crippen LogP) is 4.28. The Hall–Kier alpha value is -2.09. The van der Waals surface area contributed by atoms with Crippen LogP contribution in [0.25, 0.3) is 0 Å². The number of ether oxygens (including phenoxy) is 1. The van der Waals surface area contributed by atoms with Gasteiger partial charge in [-0.3, -0.25) is 4.79 Å². The van der Waals surface area contributed by atoms with E-state index in [0.29, 0.717) is 31.0 Å². The molecule has 2 aromatic rings. The third-order valence-corrected chi connectivity index (χ3v) is 7.80. The van der Waals surface area contributed by atoms with Gasteiger partial charge in [-0.25, -0.2) is 8.42 Å². The smallest absolute Gasteiger partial charge is 0.246 e. The van der Waals surface area contributed by atoms with Crippen LogP contribution in [0, 0.1) is 5.92 Å². The highest BCUT2D eigenvalue weighted by molar-refractivity contribution is 7.89. The highest BCUT2D eigenvalue weighted by atomic mass is 35.5. The Morgan fingerprint density at radius 3 is 2.72 bits per heavy atom. The molecule has 0 bridgehead atoms. The van der Waals surface area contributed by atoms with E-state index in [1.165, 1.54) is 15.9 Å². The molecule has 2 unspecified atom stereocenters. The van der Waals surface area contributed by atoms with Crippen molar-refractivity contribution in [2.45, 2.75) is 50.5 Å². The van der Waals surface area contributed by atoms with Crippen LogP contribution in [0.5, 0.6) is 5.75 Å². The van der Waals surface area contributed by atoms with E-state index < -0.39 is 10.0 Å². The summed E-state index contributed by atoms with van der Waals surface area (Å²) in [6, 6.07) is 14.7. The fourth-order valence-corrected chi connectivity index (χ4v) is 5.85. The van der Waals surface area contributed by atoms with Gasteiger partial charge in [0.15, 0.2) is 0 Å². The third kappa shape index (κ3) is 6.24. The van der Waals surface area contributed by atoms with Gasteiger partial charge in [-0.05, 0) is 63.3 Å². The molecule has 3 rings (SSSR count). The lowest BCUT2D eigenvalue weighted by molar-refractivity contribution is -0.126. The van der Waals surface area contributed by atoms with Crippen molar-refractivity contribution in [3.05, 3.63) is 59.1 Å². The van der Waals surface area contributed by atoms with E-state index in [4.69, 9.17) is 16.3 Å². The average Bonchev–Trinajstić information content (AvgIpc) is 2.79. The molecule has 1 saturated heterocycles. The summed E-state index contributed by atoms with van der Waals surface area (Å²) in [4.78, 5) is 12.9. The second-order valence-electron chi connectivity index (χ2n) is 8.16. The standard InChI is InChI=1S/C24H31ClN2O4S/c1-3-31-22-14-13-21(25)16-23(22)32(29,30)27-15-7-10-20(17-27)24(28)26-18(2)11-12-19-8-5-4-6-9-19/h4-6,8-9,13-14,16,18,20H,3,7,10-12,15,17H2,1-2H3,(H,26,28). The number of piperidine rings is 1. The molecule has 0 spiro atoms. The summed E-state index contributed by atoms with van der Waals surface area (Å²) in [6.07, 6.45) is 2.99. The summed E-state index contributed by atoms with van der Waals surface area (Å²) in [5, 5.41) is 3.39. The second kappa shape index (κ2) is 11.2. The lowest BCUT2D eigenvalue weighted by atomic mass is 9.98. The fourth-order valence-electron chi connectivity index (χ4n) is 3.93. The normalized spacial score (nSPS) is 18.2. The first-order valence-electron chi connectivity index (χ1n) is 11.1. The summed E-state index contributed by atoms with van der Waals surface area (Å²) in [5.41, 5.74) is 1.23. The molecular formula is C24H31ClN2O4S. The zero-order chi connectivity index (χ0) is 23.1. The third-order valence-electron chi connectivity index (χ3n) is 5.68. The first kappa shape index (κ1) is 24.6. The topological polar surface area (TPSA) is 75.7 Å². The molecule has 1 amide bonds. The largest absolute Gasteiger partial charge is 0.492 e. The van der Waals surface area contributed by atoms with Crippen LogP contribution in [-0.4, -0.2) is 44.4 Å². The summed E-state index contributed by atoms with van der Waals surface area (Å²) in [5.74, 6) is -0.202. The molecule has 1 aliphatic rings. The summed E-state index contributed by atoms with van der Waals surface area (Å²) in [6.45, 7) is 4.64. The van der Waals surface area contributed by atoms with E-state index in [2.05, 4.69) is 17.4 Å². The Balaban J connectivity index is 1.64. The van der Waals surface area contributed by atoms with Crippen molar-refractivity contribution in [3.63, 3.8) is 0 Å². The van der Waals surface area contributed by atoms with E-state index in [0.717, 1.165) is 12.8 Å². The van der Waals surface area contributed by atoms with Gasteiger partial charge in [0.25, 0.3) is 0 Å². The second-order valence-corrected chi connectivity index (χ2v) is 10.5. The number of nitrogens with one attached hydrogen (secondary N) is 1. The van der Waals surface area contributed by atoms with Gasteiger partial charge in [-0.1, -0.05) is 41.9 Å². The minimum atomic E-state index is -3.83. The summed E-state index contributed by atoms with van der Waals surface area (Å²) in [7, 11) is -3.83. The van der Waals surface area contributed by atoms with Gasteiger partial charge in [0.2, 0.25) is 15.9 Å². The number of hydrogen-bond acceptors (Lipinski definition) is 4. The monoisotopic (exact) mass is 478 g/mol. The SMILES string of the molecule is CCOc1ccc(Cl)cc1S(=O)(=O)N1CCCC(C(=O)NC(C)CCc2ccccc2)C1. The Kier molecular flexibility index (Phi) is 8.57. The van der Waals surface area contributed by atoms with Gasteiger partial charge in [-0.15, -0.1) is 0 Å². The van der Waals surface area contributed by atoms with Crippen molar-refractivity contribution in [1.82, 2.24) is 9.62 Å². The van der Waals surface area contributed by atoms with Gasteiger partial charge in [0.1, 0.15) is 10.6 Å². The number of carbonyl (C=O) groups is 1. The molecule has 2 aromatic carbocycles. The molecule has 0 aromatic heterocycles. The Morgan fingerprint density at radius 1 is 1.25 bits per heavy atom. The number of hydrogen-bond donors (Lipinski definition) is 1. The maximum atomic E-state index is 13.3. The molecule has 8 heteroatoms. The first-order valence-corrected chi connectivity index (χ1v) is 12.9. The van der Waals surface area contributed by atoms with E-state index in [1.54, 1.807) is 19.1 Å². The van der Waals surface area contributed by atoms with Crippen LogP contribution >= 0.6 is 11.6 Å². The van der Waals surface area contributed by atoms with E-state index in [-0.39, 0.29) is 35.1 Å². The van der Waals surface area contributed by atoms with Crippen LogP contribution in [-0.2, 0) is 21.2 Å². The lowest BCUT2D eigenvalue weighted by Crippen LogP contribution is -2.47. The minimum absolute atomic E-state index is 0.00664. The Labute approximate surface area is 196 Å². The number of sulfonamides is 1. The van der Waals surface area contributed by atoms with Gasteiger partial charge < -0.3 is 10.1 Å².